The first-order valence-electron chi connectivity index (χ1n) is 6.66. The summed E-state index contributed by atoms with van der Waals surface area (Å²) in [5.74, 6) is 0. The van der Waals surface area contributed by atoms with Gasteiger partial charge < -0.3 is 5.32 Å². The first kappa shape index (κ1) is 15.5. The maximum atomic E-state index is 11.2. The Balaban J connectivity index is 2.32. The largest absolute Gasteiger partial charge is 0.373 e. The Hall–Kier alpha value is -1.88. The van der Waals surface area contributed by atoms with E-state index in [2.05, 4.69) is 21.2 Å². The second-order valence-electron chi connectivity index (χ2n) is 5.13. The van der Waals surface area contributed by atoms with E-state index in [0.29, 0.717) is 5.69 Å². The van der Waals surface area contributed by atoms with Gasteiger partial charge in [-0.15, -0.1) is 0 Å². The summed E-state index contributed by atoms with van der Waals surface area (Å²) in [6, 6.07) is 11.3. The summed E-state index contributed by atoms with van der Waals surface area (Å²) in [5.41, 5.74) is 3.70. The molecule has 2 aromatic rings. The molecule has 0 spiro atoms. The molecule has 0 aromatic heterocycles. The molecule has 0 fully saturated rings. The van der Waals surface area contributed by atoms with E-state index in [1.165, 1.54) is 0 Å². The Kier molecular flexibility index (Phi) is 4.63. The maximum absolute atomic E-state index is 11.2. The third kappa shape index (κ3) is 3.61. The average molecular weight is 349 g/mol. The number of hydrogen-bond donors (Lipinski definition) is 1. The van der Waals surface area contributed by atoms with E-state index in [0.717, 1.165) is 21.2 Å². The monoisotopic (exact) mass is 348 g/mol. The first-order valence-corrected chi connectivity index (χ1v) is 7.45. The summed E-state index contributed by atoms with van der Waals surface area (Å²) in [6.45, 7) is 5.82. The topological polar surface area (TPSA) is 55.2 Å². The molecule has 0 aliphatic rings. The van der Waals surface area contributed by atoms with Crippen LogP contribution in [0.1, 0.15) is 29.7 Å². The lowest BCUT2D eigenvalue weighted by atomic mass is 10.1. The number of rotatable bonds is 4. The van der Waals surface area contributed by atoms with Crippen molar-refractivity contribution in [2.75, 3.05) is 5.32 Å². The zero-order valence-corrected chi connectivity index (χ0v) is 13.8. The van der Waals surface area contributed by atoms with E-state index in [4.69, 9.17) is 0 Å². The lowest BCUT2D eigenvalue weighted by molar-refractivity contribution is -0.384. The Bertz CT molecular complexity index is 669. The van der Waals surface area contributed by atoms with E-state index in [1.807, 2.05) is 51.1 Å². The van der Waals surface area contributed by atoms with Crippen LogP contribution in [0.3, 0.4) is 0 Å². The molecule has 1 atom stereocenters. The van der Waals surface area contributed by atoms with Crippen LogP contribution >= 0.6 is 15.9 Å². The molecule has 0 bridgehead atoms. The van der Waals surface area contributed by atoms with Gasteiger partial charge in [-0.25, -0.2) is 0 Å². The minimum atomic E-state index is -0.344. The highest BCUT2D eigenvalue weighted by Gasteiger charge is 2.17. The van der Waals surface area contributed by atoms with Crippen molar-refractivity contribution in [2.45, 2.75) is 26.8 Å². The molecule has 110 valence electrons. The van der Waals surface area contributed by atoms with Crippen LogP contribution in [-0.2, 0) is 0 Å². The third-order valence-corrected chi connectivity index (χ3v) is 4.08. The van der Waals surface area contributed by atoms with E-state index < -0.39 is 0 Å². The fourth-order valence-electron chi connectivity index (χ4n) is 2.14. The molecular weight excluding hydrogens is 332 g/mol. The van der Waals surface area contributed by atoms with Crippen LogP contribution in [0, 0.1) is 24.0 Å². The molecule has 0 saturated heterocycles. The van der Waals surface area contributed by atoms with Gasteiger partial charge in [0, 0.05) is 16.6 Å². The first-order chi connectivity index (χ1) is 9.88. The smallest absolute Gasteiger partial charge is 0.292 e. The van der Waals surface area contributed by atoms with Crippen molar-refractivity contribution in [3.05, 3.63) is 67.7 Å². The van der Waals surface area contributed by atoms with Gasteiger partial charge in [-0.2, -0.15) is 0 Å². The molecule has 21 heavy (non-hydrogen) atoms. The van der Waals surface area contributed by atoms with Crippen molar-refractivity contribution in [3.8, 4) is 0 Å². The molecule has 2 rings (SSSR count). The molecule has 0 saturated carbocycles. The molecule has 0 heterocycles. The summed E-state index contributed by atoms with van der Waals surface area (Å²) in [5, 5.41) is 14.4. The highest BCUT2D eigenvalue weighted by Crippen LogP contribution is 2.31. The minimum Gasteiger partial charge on any atom is -0.373 e. The number of nitro groups is 1. The molecule has 0 aliphatic heterocycles. The van der Waals surface area contributed by atoms with Gasteiger partial charge in [-0.05, 0) is 55.7 Å². The number of anilines is 1. The van der Waals surface area contributed by atoms with Gasteiger partial charge in [-0.3, -0.25) is 10.1 Å². The van der Waals surface area contributed by atoms with Crippen LogP contribution in [0.15, 0.2) is 40.9 Å². The minimum absolute atomic E-state index is 0.0149. The summed E-state index contributed by atoms with van der Waals surface area (Å²) < 4.78 is 1.01. The average Bonchev–Trinajstić information content (AvgIpc) is 2.43. The molecule has 0 amide bonds. The van der Waals surface area contributed by atoms with Crippen LogP contribution in [0.5, 0.6) is 0 Å². The standard InChI is InChI=1S/C16H17BrN2O2/c1-10-8-15(16(19(20)21)9-11(10)2)18-12(3)13-4-6-14(17)7-5-13/h4-9,12,18H,1-3H3. The van der Waals surface area contributed by atoms with Gasteiger partial charge in [0.15, 0.2) is 0 Å². The van der Waals surface area contributed by atoms with Crippen LogP contribution in [0.2, 0.25) is 0 Å². The normalized spacial score (nSPS) is 12.0. The van der Waals surface area contributed by atoms with Crippen molar-refractivity contribution in [3.63, 3.8) is 0 Å². The SMILES string of the molecule is Cc1cc(NC(C)c2ccc(Br)cc2)c([N+](=O)[O-])cc1C. The molecular formula is C16H17BrN2O2. The van der Waals surface area contributed by atoms with Gasteiger partial charge in [-0.1, -0.05) is 28.1 Å². The molecule has 1 unspecified atom stereocenters. The fraction of sp³-hybridized carbons (Fsp3) is 0.250. The number of nitrogens with one attached hydrogen (secondary N) is 1. The van der Waals surface area contributed by atoms with Crippen LogP contribution in [-0.4, -0.2) is 4.92 Å². The molecule has 2 aromatic carbocycles. The zero-order chi connectivity index (χ0) is 15.6. The van der Waals surface area contributed by atoms with Crippen molar-refractivity contribution in [1.82, 2.24) is 0 Å². The Morgan fingerprint density at radius 1 is 1.14 bits per heavy atom. The fourth-order valence-corrected chi connectivity index (χ4v) is 2.40. The van der Waals surface area contributed by atoms with Gasteiger partial charge in [0.05, 0.1) is 4.92 Å². The number of nitrogens with zero attached hydrogens (tertiary/aromatic N) is 1. The van der Waals surface area contributed by atoms with Gasteiger partial charge in [0.1, 0.15) is 5.69 Å². The summed E-state index contributed by atoms with van der Waals surface area (Å²) >= 11 is 3.40. The van der Waals surface area contributed by atoms with Crippen molar-refractivity contribution < 1.29 is 4.92 Å². The lowest BCUT2D eigenvalue weighted by Crippen LogP contribution is -2.09. The highest BCUT2D eigenvalue weighted by atomic mass is 79.9. The van der Waals surface area contributed by atoms with Crippen LogP contribution in [0.25, 0.3) is 0 Å². The summed E-state index contributed by atoms with van der Waals surface area (Å²) in [6.07, 6.45) is 0. The summed E-state index contributed by atoms with van der Waals surface area (Å²) in [7, 11) is 0. The van der Waals surface area contributed by atoms with Crippen molar-refractivity contribution in [1.29, 1.82) is 0 Å². The van der Waals surface area contributed by atoms with Gasteiger partial charge in [0.2, 0.25) is 0 Å². The zero-order valence-electron chi connectivity index (χ0n) is 12.2. The molecule has 0 aliphatic carbocycles. The Morgan fingerprint density at radius 3 is 2.29 bits per heavy atom. The number of hydrogen-bond acceptors (Lipinski definition) is 3. The van der Waals surface area contributed by atoms with Crippen LogP contribution < -0.4 is 5.32 Å². The van der Waals surface area contributed by atoms with E-state index in [-0.39, 0.29) is 16.7 Å². The molecule has 1 N–H and O–H groups in total. The Morgan fingerprint density at radius 2 is 1.71 bits per heavy atom. The number of benzene rings is 2. The molecule has 0 radical (unpaired) electrons. The van der Waals surface area contributed by atoms with Crippen molar-refractivity contribution in [2.24, 2.45) is 0 Å². The van der Waals surface area contributed by atoms with Crippen molar-refractivity contribution >= 4 is 27.3 Å². The van der Waals surface area contributed by atoms with E-state index in [9.17, 15) is 10.1 Å². The number of nitro benzene ring substituents is 1. The number of halogens is 1. The lowest BCUT2D eigenvalue weighted by Gasteiger charge is -2.17. The molecule has 4 nitrogen and oxygen atoms in total. The summed E-state index contributed by atoms with van der Waals surface area (Å²) in [4.78, 5) is 10.9. The maximum Gasteiger partial charge on any atom is 0.292 e. The Labute approximate surface area is 132 Å². The predicted molar refractivity (Wildman–Crippen MR) is 88.8 cm³/mol. The predicted octanol–water partition coefficient (Wildman–Crippen LogP) is 5.15. The molecule has 5 heteroatoms. The quantitative estimate of drug-likeness (QED) is 0.614. The number of aryl methyl sites for hydroxylation is 2. The van der Waals surface area contributed by atoms with E-state index in [1.54, 1.807) is 6.07 Å². The third-order valence-electron chi connectivity index (χ3n) is 3.55. The highest BCUT2D eigenvalue weighted by molar-refractivity contribution is 9.10. The van der Waals surface area contributed by atoms with Gasteiger partial charge in [0.25, 0.3) is 5.69 Å². The van der Waals surface area contributed by atoms with E-state index >= 15 is 0 Å². The second kappa shape index (κ2) is 6.26. The van der Waals surface area contributed by atoms with Crippen LogP contribution in [0.4, 0.5) is 11.4 Å². The second-order valence-corrected chi connectivity index (χ2v) is 6.04. The van der Waals surface area contributed by atoms with Gasteiger partial charge >= 0.3 is 0 Å².